The Kier molecular flexibility index (Phi) is 5.77. The van der Waals surface area contributed by atoms with Crippen molar-refractivity contribution in [3.8, 4) is 0 Å². The van der Waals surface area contributed by atoms with Gasteiger partial charge in [-0.2, -0.15) is 0 Å². The van der Waals surface area contributed by atoms with Crippen molar-refractivity contribution >= 4 is 32.7 Å². The highest BCUT2D eigenvalue weighted by atomic mass is 127. The van der Waals surface area contributed by atoms with E-state index in [1.807, 2.05) is 27.9 Å². The molecule has 0 radical (unpaired) electrons. The van der Waals surface area contributed by atoms with Gasteiger partial charge in [-0.25, -0.2) is 17.6 Å². The molecule has 21 heavy (non-hydrogen) atoms. The Morgan fingerprint density at radius 1 is 1.19 bits per heavy atom. The zero-order valence-electron chi connectivity index (χ0n) is 11.5. The summed E-state index contributed by atoms with van der Waals surface area (Å²) in [6.07, 6.45) is 6.09. The van der Waals surface area contributed by atoms with Gasteiger partial charge in [0, 0.05) is 10.2 Å². The lowest BCUT2D eigenvalue weighted by molar-refractivity contribution is -0.687. The molecule has 5 nitrogen and oxygen atoms in total. The second-order valence-electron chi connectivity index (χ2n) is 4.89. The monoisotopic (exact) mass is 420 g/mol. The fourth-order valence-electron chi connectivity index (χ4n) is 2.03. The summed E-state index contributed by atoms with van der Waals surface area (Å²) in [5, 5.41) is 0. The number of benzene rings is 1. The summed E-state index contributed by atoms with van der Waals surface area (Å²) in [6, 6.07) is 8.47. The topological polar surface area (TPSA) is 66.0 Å². The van der Waals surface area contributed by atoms with E-state index in [0.29, 0.717) is 13.0 Å². The molecule has 0 spiro atoms. The van der Waals surface area contributed by atoms with Crippen LogP contribution in [0.25, 0.3) is 0 Å². The van der Waals surface area contributed by atoms with Gasteiger partial charge in [-0.3, -0.25) is 0 Å². The normalized spacial score (nSPS) is 11.7. The van der Waals surface area contributed by atoms with E-state index in [1.165, 1.54) is 11.1 Å². The number of rotatable bonds is 7. The fourth-order valence-corrected chi connectivity index (χ4v) is 3.02. The largest absolute Gasteiger partial charge is 0.748 e. The summed E-state index contributed by atoms with van der Waals surface area (Å²) in [4.78, 5) is 0. The molecule has 1 aromatic heterocycles. The Bertz CT molecular complexity index is 680. The van der Waals surface area contributed by atoms with Crippen molar-refractivity contribution in [2.24, 2.45) is 0 Å². The smallest absolute Gasteiger partial charge is 0.244 e. The van der Waals surface area contributed by atoms with Crippen molar-refractivity contribution in [3.63, 3.8) is 0 Å². The zero-order chi connectivity index (χ0) is 15.3. The van der Waals surface area contributed by atoms with Gasteiger partial charge in [-0.05, 0) is 17.5 Å². The first-order valence-corrected chi connectivity index (χ1v) is 9.69. The highest BCUT2D eigenvalue weighted by Crippen LogP contribution is 2.08. The van der Waals surface area contributed by atoms with Crippen molar-refractivity contribution in [2.45, 2.75) is 23.9 Å². The van der Waals surface area contributed by atoms with Crippen LogP contribution in [0.3, 0.4) is 0 Å². The lowest BCUT2D eigenvalue weighted by Gasteiger charge is -2.04. The minimum atomic E-state index is -4.11. The van der Waals surface area contributed by atoms with Crippen LogP contribution in [-0.2, 0) is 27.6 Å². The van der Waals surface area contributed by atoms with Crippen molar-refractivity contribution in [3.05, 3.63) is 54.1 Å². The van der Waals surface area contributed by atoms with Crippen LogP contribution >= 0.6 is 22.6 Å². The van der Waals surface area contributed by atoms with Gasteiger partial charge >= 0.3 is 0 Å². The maximum atomic E-state index is 10.5. The molecule has 0 aliphatic heterocycles. The standard InChI is InChI=1S/C14H17IN2O3S/c15-10-13-2-4-14(5-3-13)11-17-8-7-16(12-17)6-1-9-21(18,19)20/h2-5,7-8,12H,1,6,9-11H2. The zero-order valence-corrected chi connectivity index (χ0v) is 14.5. The van der Waals surface area contributed by atoms with E-state index >= 15 is 0 Å². The van der Waals surface area contributed by atoms with E-state index in [-0.39, 0.29) is 5.75 Å². The molecule has 7 heteroatoms. The highest BCUT2D eigenvalue weighted by Gasteiger charge is 2.05. The predicted octanol–water partition coefficient (Wildman–Crippen LogP) is 1.69. The SMILES string of the molecule is O=S(=O)([O-])CCCn1cc[n+](Cc2ccc(CI)cc2)c1. The van der Waals surface area contributed by atoms with Crippen molar-refractivity contribution < 1.29 is 17.5 Å². The average Bonchev–Trinajstić information content (AvgIpc) is 2.86. The summed E-state index contributed by atoms with van der Waals surface area (Å²) in [5.74, 6) is -0.317. The Morgan fingerprint density at radius 3 is 2.48 bits per heavy atom. The molecule has 0 N–H and O–H groups in total. The number of aromatic nitrogens is 2. The minimum Gasteiger partial charge on any atom is -0.748 e. The van der Waals surface area contributed by atoms with Gasteiger partial charge in [0.1, 0.15) is 18.9 Å². The quantitative estimate of drug-likeness (QED) is 0.297. The van der Waals surface area contributed by atoms with Gasteiger partial charge in [0.25, 0.3) is 0 Å². The number of hydrogen-bond donors (Lipinski definition) is 0. The highest BCUT2D eigenvalue weighted by molar-refractivity contribution is 14.1. The second kappa shape index (κ2) is 7.37. The van der Waals surface area contributed by atoms with Gasteiger partial charge in [0.05, 0.1) is 16.7 Å². The lowest BCUT2D eigenvalue weighted by Crippen LogP contribution is -2.31. The summed E-state index contributed by atoms with van der Waals surface area (Å²) < 4.78 is 36.6. The summed E-state index contributed by atoms with van der Waals surface area (Å²) >= 11 is 2.34. The average molecular weight is 420 g/mol. The third-order valence-electron chi connectivity index (χ3n) is 3.10. The molecule has 0 aliphatic carbocycles. The van der Waals surface area contributed by atoms with Crippen LogP contribution in [0.5, 0.6) is 0 Å². The van der Waals surface area contributed by atoms with Crippen LogP contribution < -0.4 is 4.57 Å². The molecule has 1 heterocycles. The van der Waals surface area contributed by atoms with Crippen molar-refractivity contribution in [1.29, 1.82) is 0 Å². The molecule has 0 saturated carbocycles. The van der Waals surface area contributed by atoms with Gasteiger partial charge in [-0.15, -0.1) is 0 Å². The van der Waals surface area contributed by atoms with Crippen LogP contribution in [0.1, 0.15) is 17.5 Å². The number of hydrogen-bond acceptors (Lipinski definition) is 3. The number of imidazole rings is 1. The van der Waals surface area contributed by atoms with Gasteiger partial charge in [-0.1, -0.05) is 46.9 Å². The maximum absolute atomic E-state index is 10.5. The van der Waals surface area contributed by atoms with E-state index in [4.69, 9.17) is 0 Å². The van der Waals surface area contributed by atoms with Crippen LogP contribution in [0.15, 0.2) is 43.0 Å². The van der Waals surface area contributed by atoms with Crippen LogP contribution in [0, 0.1) is 0 Å². The Labute approximate surface area is 138 Å². The van der Waals surface area contributed by atoms with E-state index in [2.05, 4.69) is 46.9 Å². The van der Waals surface area contributed by atoms with Crippen LogP contribution in [0.4, 0.5) is 0 Å². The molecule has 114 valence electrons. The molecule has 0 bridgehead atoms. The fraction of sp³-hybridized carbons (Fsp3) is 0.357. The number of halogens is 1. The number of aryl methyl sites for hydroxylation is 1. The molecule has 0 atom stereocenters. The molecular weight excluding hydrogens is 403 g/mol. The van der Waals surface area contributed by atoms with E-state index in [1.54, 1.807) is 0 Å². The molecule has 0 unspecified atom stereocenters. The first kappa shape index (κ1) is 16.4. The predicted molar refractivity (Wildman–Crippen MR) is 87.1 cm³/mol. The summed E-state index contributed by atoms with van der Waals surface area (Å²) in [7, 11) is -4.11. The Hall–Kier alpha value is -0.930. The third-order valence-corrected chi connectivity index (χ3v) is 4.77. The molecule has 0 aliphatic rings. The molecule has 0 fully saturated rings. The minimum absolute atomic E-state index is 0.317. The molecule has 2 aromatic rings. The first-order chi connectivity index (χ1) is 9.96. The van der Waals surface area contributed by atoms with Crippen molar-refractivity contribution in [1.82, 2.24) is 4.57 Å². The molecule has 1 aromatic carbocycles. The first-order valence-electron chi connectivity index (χ1n) is 6.58. The Morgan fingerprint density at radius 2 is 1.86 bits per heavy atom. The third kappa shape index (κ3) is 5.76. The van der Waals surface area contributed by atoms with Crippen molar-refractivity contribution in [2.75, 3.05) is 5.75 Å². The summed E-state index contributed by atoms with van der Waals surface area (Å²) in [6.45, 7) is 1.30. The number of nitrogens with zero attached hydrogens (tertiary/aromatic N) is 2. The van der Waals surface area contributed by atoms with Crippen LogP contribution in [0.2, 0.25) is 0 Å². The molecular formula is C14H17IN2O3S. The molecule has 0 saturated heterocycles. The van der Waals surface area contributed by atoms with Crippen LogP contribution in [-0.4, -0.2) is 23.3 Å². The summed E-state index contributed by atoms with van der Waals surface area (Å²) in [5.41, 5.74) is 2.52. The Balaban J connectivity index is 1.90. The van der Waals surface area contributed by atoms with E-state index in [9.17, 15) is 13.0 Å². The van der Waals surface area contributed by atoms with Gasteiger partial charge in [0.2, 0.25) is 6.33 Å². The molecule has 0 amide bonds. The van der Waals surface area contributed by atoms with Gasteiger partial charge in [0.15, 0.2) is 0 Å². The van der Waals surface area contributed by atoms with Gasteiger partial charge < -0.3 is 4.55 Å². The molecule has 2 rings (SSSR count). The van der Waals surface area contributed by atoms with E-state index < -0.39 is 10.1 Å². The lowest BCUT2D eigenvalue weighted by atomic mass is 10.1. The second-order valence-corrected chi connectivity index (χ2v) is 7.18. The number of alkyl halides is 1. The van der Waals surface area contributed by atoms with E-state index in [0.717, 1.165) is 11.0 Å². The maximum Gasteiger partial charge on any atom is 0.244 e.